The van der Waals surface area contributed by atoms with E-state index in [9.17, 15) is 19.7 Å². The fourth-order valence-electron chi connectivity index (χ4n) is 2.65. The number of hydrogen-bond acceptors (Lipinski definition) is 5. The average molecular weight is 365 g/mol. The van der Waals surface area contributed by atoms with Gasteiger partial charge in [0.05, 0.1) is 10.5 Å². The molecule has 0 saturated heterocycles. The third kappa shape index (κ3) is 9.76. The van der Waals surface area contributed by atoms with Crippen molar-refractivity contribution >= 4 is 17.6 Å². The number of benzene rings is 1. The van der Waals surface area contributed by atoms with E-state index in [-0.39, 0.29) is 24.7 Å². The van der Waals surface area contributed by atoms with Crippen molar-refractivity contribution in [1.82, 2.24) is 0 Å². The van der Waals surface area contributed by atoms with Crippen LogP contribution in [0.1, 0.15) is 69.8 Å². The molecule has 1 aromatic rings. The van der Waals surface area contributed by atoms with Crippen LogP contribution in [0, 0.1) is 10.1 Å². The Morgan fingerprint density at radius 2 is 1.46 bits per heavy atom. The molecule has 0 amide bonds. The number of aliphatic carboxylic acids is 1. The Balaban J connectivity index is 2.04. The van der Waals surface area contributed by atoms with Crippen LogP contribution in [0.2, 0.25) is 0 Å². The fraction of sp³-hybridized carbons (Fsp3) is 0.579. The zero-order valence-corrected chi connectivity index (χ0v) is 15.0. The highest BCUT2D eigenvalue weighted by molar-refractivity contribution is 5.69. The van der Waals surface area contributed by atoms with Gasteiger partial charge in [0.15, 0.2) is 0 Å². The van der Waals surface area contributed by atoms with Gasteiger partial charge in [-0.2, -0.15) is 0 Å². The molecule has 1 aromatic carbocycles. The molecule has 1 N–H and O–H groups in total. The van der Waals surface area contributed by atoms with Gasteiger partial charge in [0, 0.05) is 18.9 Å². The standard InChI is InChI=1S/C19H27NO6/c21-18(22)13-7-5-3-1-2-4-6-8-14-19(23)26-15-16-11-9-10-12-17(16)20(24)25/h9-12H,1-8,13-15H2,(H,21,22). The van der Waals surface area contributed by atoms with E-state index in [1.165, 1.54) is 6.07 Å². The van der Waals surface area contributed by atoms with E-state index in [0.29, 0.717) is 12.0 Å². The molecule has 7 nitrogen and oxygen atoms in total. The Hall–Kier alpha value is -2.44. The van der Waals surface area contributed by atoms with Crippen LogP contribution in [0.15, 0.2) is 24.3 Å². The number of ether oxygens (including phenoxy) is 1. The van der Waals surface area contributed by atoms with Gasteiger partial charge in [0.2, 0.25) is 0 Å². The number of hydrogen-bond donors (Lipinski definition) is 1. The minimum Gasteiger partial charge on any atom is -0.481 e. The van der Waals surface area contributed by atoms with Gasteiger partial charge in [-0.05, 0) is 18.9 Å². The zero-order valence-electron chi connectivity index (χ0n) is 15.0. The first kappa shape index (κ1) is 21.6. The van der Waals surface area contributed by atoms with Crippen molar-refractivity contribution in [3.8, 4) is 0 Å². The quantitative estimate of drug-likeness (QED) is 0.223. The van der Waals surface area contributed by atoms with Crippen molar-refractivity contribution < 1.29 is 24.4 Å². The largest absolute Gasteiger partial charge is 0.481 e. The molecule has 0 aliphatic heterocycles. The summed E-state index contributed by atoms with van der Waals surface area (Å²) >= 11 is 0. The Morgan fingerprint density at radius 1 is 0.923 bits per heavy atom. The topological polar surface area (TPSA) is 107 Å². The van der Waals surface area contributed by atoms with Gasteiger partial charge < -0.3 is 9.84 Å². The summed E-state index contributed by atoms with van der Waals surface area (Å²) in [6.45, 7) is -0.0771. The summed E-state index contributed by atoms with van der Waals surface area (Å²) in [6, 6.07) is 6.24. The van der Waals surface area contributed by atoms with Crippen molar-refractivity contribution in [3.05, 3.63) is 39.9 Å². The smallest absolute Gasteiger partial charge is 0.306 e. The molecule has 0 aliphatic carbocycles. The van der Waals surface area contributed by atoms with E-state index < -0.39 is 10.9 Å². The third-order valence-corrected chi connectivity index (χ3v) is 4.10. The number of nitrogens with zero attached hydrogens (tertiary/aromatic N) is 1. The molecule has 0 saturated carbocycles. The van der Waals surface area contributed by atoms with Crippen molar-refractivity contribution in [2.75, 3.05) is 0 Å². The van der Waals surface area contributed by atoms with Crippen molar-refractivity contribution in [2.45, 2.75) is 70.8 Å². The second-order valence-electron chi connectivity index (χ2n) is 6.27. The zero-order chi connectivity index (χ0) is 19.2. The highest BCUT2D eigenvalue weighted by Crippen LogP contribution is 2.19. The first-order valence-corrected chi connectivity index (χ1v) is 9.10. The molecule has 0 bridgehead atoms. The minimum absolute atomic E-state index is 0.0383. The maximum absolute atomic E-state index is 11.7. The van der Waals surface area contributed by atoms with Gasteiger partial charge in [0.1, 0.15) is 6.61 Å². The predicted octanol–water partition coefficient (Wildman–Crippen LogP) is 4.62. The summed E-state index contributed by atoms with van der Waals surface area (Å²) in [5, 5.41) is 19.4. The van der Waals surface area contributed by atoms with E-state index >= 15 is 0 Å². The molecule has 0 atom stereocenters. The molecule has 0 spiro atoms. The lowest BCUT2D eigenvalue weighted by molar-refractivity contribution is -0.385. The number of nitro benzene ring substituents is 1. The van der Waals surface area contributed by atoms with Crippen LogP contribution in [0.25, 0.3) is 0 Å². The van der Waals surface area contributed by atoms with E-state index in [1.807, 2.05) is 0 Å². The van der Waals surface area contributed by atoms with E-state index in [1.54, 1.807) is 18.2 Å². The SMILES string of the molecule is O=C(O)CCCCCCCCCCC(=O)OCc1ccccc1[N+](=O)[O-]. The summed E-state index contributed by atoms with van der Waals surface area (Å²) in [5.74, 6) is -1.07. The molecule has 0 heterocycles. The van der Waals surface area contributed by atoms with Crippen molar-refractivity contribution in [1.29, 1.82) is 0 Å². The molecule has 7 heteroatoms. The molecule has 0 radical (unpaired) electrons. The molecular weight excluding hydrogens is 338 g/mol. The van der Waals surface area contributed by atoms with Gasteiger partial charge in [-0.1, -0.05) is 50.7 Å². The van der Waals surface area contributed by atoms with Crippen LogP contribution in [0.3, 0.4) is 0 Å². The van der Waals surface area contributed by atoms with Gasteiger partial charge in [-0.3, -0.25) is 19.7 Å². The number of unbranched alkanes of at least 4 members (excludes halogenated alkanes) is 7. The van der Waals surface area contributed by atoms with Crippen LogP contribution in [0.5, 0.6) is 0 Å². The Kier molecular flexibility index (Phi) is 10.7. The highest BCUT2D eigenvalue weighted by atomic mass is 16.6. The summed E-state index contributed by atoms with van der Waals surface area (Å²) in [7, 11) is 0. The number of esters is 1. The molecular formula is C19H27NO6. The Bertz CT molecular complexity index is 587. The molecule has 26 heavy (non-hydrogen) atoms. The number of carboxylic acid groups (broad SMARTS) is 1. The molecule has 1 rings (SSSR count). The number of carbonyl (C=O) groups excluding carboxylic acids is 1. The number of carboxylic acids is 1. The van der Waals surface area contributed by atoms with Crippen molar-refractivity contribution in [2.24, 2.45) is 0 Å². The van der Waals surface area contributed by atoms with Gasteiger partial charge in [0.25, 0.3) is 5.69 Å². The molecule has 0 aromatic heterocycles. The molecule has 144 valence electrons. The minimum atomic E-state index is -0.737. The summed E-state index contributed by atoms with van der Waals surface area (Å²) < 4.78 is 5.12. The number of nitro groups is 1. The van der Waals surface area contributed by atoms with Gasteiger partial charge in [-0.15, -0.1) is 0 Å². The lowest BCUT2D eigenvalue weighted by Gasteiger charge is -2.06. The lowest BCUT2D eigenvalue weighted by Crippen LogP contribution is -2.06. The number of rotatable bonds is 14. The lowest BCUT2D eigenvalue weighted by atomic mass is 10.1. The Labute approximate surface area is 153 Å². The highest BCUT2D eigenvalue weighted by Gasteiger charge is 2.13. The second kappa shape index (κ2) is 12.9. The first-order valence-electron chi connectivity index (χ1n) is 9.10. The monoisotopic (exact) mass is 365 g/mol. The van der Waals surface area contributed by atoms with E-state index in [0.717, 1.165) is 51.4 Å². The fourth-order valence-corrected chi connectivity index (χ4v) is 2.65. The van der Waals surface area contributed by atoms with Crippen LogP contribution in [0.4, 0.5) is 5.69 Å². The number of para-hydroxylation sites is 1. The first-order chi connectivity index (χ1) is 12.5. The second-order valence-corrected chi connectivity index (χ2v) is 6.27. The number of carbonyl (C=O) groups is 2. The molecule has 0 aliphatic rings. The van der Waals surface area contributed by atoms with Crippen LogP contribution in [-0.2, 0) is 20.9 Å². The molecule has 0 unspecified atom stereocenters. The maximum atomic E-state index is 11.7. The normalized spacial score (nSPS) is 10.5. The summed E-state index contributed by atoms with van der Waals surface area (Å²) in [5.41, 5.74) is 0.359. The average Bonchev–Trinajstić information content (AvgIpc) is 2.61. The van der Waals surface area contributed by atoms with E-state index in [2.05, 4.69) is 0 Å². The van der Waals surface area contributed by atoms with Gasteiger partial charge >= 0.3 is 11.9 Å². The van der Waals surface area contributed by atoms with Gasteiger partial charge in [-0.25, -0.2) is 0 Å². The Morgan fingerprint density at radius 3 is 2.04 bits per heavy atom. The van der Waals surface area contributed by atoms with Crippen LogP contribution < -0.4 is 0 Å². The van der Waals surface area contributed by atoms with Crippen LogP contribution >= 0.6 is 0 Å². The predicted molar refractivity (Wildman–Crippen MR) is 96.7 cm³/mol. The molecule has 0 fully saturated rings. The van der Waals surface area contributed by atoms with Crippen LogP contribution in [-0.4, -0.2) is 22.0 Å². The van der Waals surface area contributed by atoms with E-state index in [4.69, 9.17) is 9.84 Å². The third-order valence-electron chi connectivity index (χ3n) is 4.10. The summed E-state index contributed by atoms with van der Waals surface area (Å²) in [6.07, 6.45) is 8.19. The summed E-state index contributed by atoms with van der Waals surface area (Å²) in [4.78, 5) is 32.5. The maximum Gasteiger partial charge on any atom is 0.306 e. The van der Waals surface area contributed by atoms with Crippen molar-refractivity contribution in [3.63, 3.8) is 0 Å².